The Morgan fingerprint density at radius 1 is 0.938 bits per heavy atom. The topological polar surface area (TPSA) is 160 Å². The molecule has 13 heteroatoms. The van der Waals surface area contributed by atoms with E-state index in [9.17, 15) is 13.7 Å². The highest BCUT2D eigenvalue weighted by Gasteiger charge is 2.40. The minimum atomic E-state index is -5.38. The van der Waals surface area contributed by atoms with E-state index in [1.54, 1.807) is 6.92 Å². The molecule has 0 saturated heterocycles. The monoisotopic (exact) mass is 300 g/mol. The number of phosphoric acid groups is 3. The summed E-state index contributed by atoms with van der Waals surface area (Å²) in [6, 6.07) is 0. The fourth-order valence-electron chi connectivity index (χ4n) is 0.510. The Balaban J connectivity index is 4.52. The van der Waals surface area contributed by atoms with E-state index in [0.29, 0.717) is 6.42 Å². The molecule has 0 radical (unpaired) electrons. The Hall–Kier alpha value is 0.410. The zero-order chi connectivity index (χ0) is 13.0. The highest BCUT2D eigenvalue weighted by atomic mass is 31.3. The molecule has 0 aliphatic carbocycles. The molecule has 0 spiro atoms. The highest BCUT2D eigenvalue weighted by Crippen LogP contribution is 2.66. The smallest absolute Gasteiger partial charge is 0.302 e. The van der Waals surface area contributed by atoms with Crippen LogP contribution in [0.15, 0.2) is 0 Å². The average molecular weight is 300 g/mol. The number of rotatable bonds is 7. The van der Waals surface area contributed by atoms with Gasteiger partial charge in [-0.15, -0.1) is 0 Å². The summed E-state index contributed by atoms with van der Waals surface area (Å²) in [5.74, 6) is 0. The predicted octanol–water partition coefficient (Wildman–Crippen LogP) is 0.740. The van der Waals surface area contributed by atoms with E-state index in [1.807, 2.05) is 0 Å². The largest absolute Gasteiger partial charge is 0.490 e. The van der Waals surface area contributed by atoms with E-state index >= 15 is 0 Å². The Kier molecular flexibility index (Phi) is 5.99. The first-order valence-corrected chi connectivity index (χ1v) is 8.28. The number of hydrogen-bond acceptors (Lipinski definition) is 6. The first kappa shape index (κ1) is 16.4. The third-order valence-electron chi connectivity index (χ3n) is 0.874. The Morgan fingerprint density at radius 3 is 1.81 bits per heavy atom. The van der Waals surface area contributed by atoms with Crippen molar-refractivity contribution in [3.63, 3.8) is 0 Å². The van der Waals surface area contributed by atoms with Crippen LogP contribution in [0, 0.1) is 0 Å². The number of phosphoric ester groups is 1. The lowest BCUT2D eigenvalue weighted by atomic mass is 10.5. The maximum Gasteiger partial charge on any atom is 0.490 e. The summed E-state index contributed by atoms with van der Waals surface area (Å²) in [7, 11) is -15.6. The van der Waals surface area contributed by atoms with Crippen molar-refractivity contribution in [3.05, 3.63) is 0 Å². The van der Waals surface area contributed by atoms with Gasteiger partial charge in [-0.2, -0.15) is 8.62 Å². The molecule has 0 aliphatic heterocycles. The van der Waals surface area contributed by atoms with Gasteiger partial charge in [-0.05, 0) is 6.42 Å². The summed E-state index contributed by atoms with van der Waals surface area (Å²) in [6.45, 7) is 1.34. The van der Waals surface area contributed by atoms with Crippen LogP contribution in [0.25, 0.3) is 0 Å². The summed E-state index contributed by atoms with van der Waals surface area (Å²) in [5.41, 5.74) is 0. The molecule has 98 valence electrons. The first-order valence-electron chi connectivity index (χ1n) is 3.76. The molecule has 4 N–H and O–H groups in total. The maximum atomic E-state index is 10.9. The second kappa shape index (κ2) is 5.84. The predicted molar refractivity (Wildman–Crippen MR) is 50.1 cm³/mol. The Bertz CT molecular complexity index is 356. The summed E-state index contributed by atoms with van der Waals surface area (Å²) in [6.07, 6.45) is 0.322. The minimum Gasteiger partial charge on any atom is -0.302 e. The van der Waals surface area contributed by atoms with Crippen LogP contribution in [0.2, 0.25) is 0 Å². The second-order valence-corrected chi connectivity index (χ2v) is 6.84. The van der Waals surface area contributed by atoms with Crippen LogP contribution in [0.5, 0.6) is 0 Å². The van der Waals surface area contributed by atoms with Crippen molar-refractivity contribution in [1.82, 2.24) is 0 Å². The van der Waals surface area contributed by atoms with Crippen LogP contribution in [-0.4, -0.2) is 26.2 Å². The molecule has 0 aromatic heterocycles. The summed E-state index contributed by atoms with van der Waals surface area (Å²) < 4.78 is 43.0. The van der Waals surface area contributed by atoms with Crippen molar-refractivity contribution in [2.45, 2.75) is 13.3 Å². The first-order chi connectivity index (χ1) is 6.97. The van der Waals surface area contributed by atoms with Crippen LogP contribution < -0.4 is 0 Å². The third-order valence-corrected chi connectivity index (χ3v) is 4.71. The van der Waals surface area contributed by atoms with Crippen LogP contribution in [0.1, 0.15) is 13.3 Å². The molecular formula is C3H11O10P3. The normalized spacial score (nSPS) is 20.1. The molecule has 0 fully saturated rings. The van der Waals surface area contributed by atoms with Gasteiger partial charge in [-0.3, -0.25) is 4.52 Å². The van der Waals surface area contributed by atoms with Crippen LogP contribution in [-0.2, 0) is 26.8 Å². The van der Waals surface area contributed by atoms with Gasteiger partial charge in [0.15, 0.2) is 0 Å². The van der Waals surface area contributed by atoms with E-state index in [2.05, 4.69) is 13.1 Å². The van der Waals surface area contributed by atoms with Crippen molar-refractivity contribution in [2.75, 3.05) is 6.61 Å². The Morgan fingerprint density at radius 2 is 1.44 bits per heavy atom. The van der Waals surface area contributed by atoms with Gasteiger partial charge in [0.2, 0.25) is 0 Å². The molecule has 0 aromatic rings. The molecule has 0 amide bonds. The second-order valence-electron chi connectivity index (χ2n) is 2.42. The van der Waals surface area contributed by atoms with Gasteiger partial charge >= 0.3 is 23.5 Å². The summed E-state index contributed by atoms with van der Waals surface area (Å²) >= 11 is 0. The molecule has 0 saturated carbocycles. The molecule has 0 bridgehead atoms. The van der Waals surface area contributed by atoms with Gasteiger partial charge in [-0.25, -0.2) is 13.7 Å². The molecule has 10 nitrogen and oxygen atoms in total. The fourth-order valence-corrected chi connectivity index (χ4v) is 3.62. The van der Waals surface area contributed by atoms with Gasteiger partial charge < -0.3 is 19.6 Å². The van der Waals surface area contributed by atoms with Gasteiger partial charge in [0.1, 0.15) is 0 Å². The lowest BCUT2D eigenvalue weighted by Gasteiger charge is -2.15. The van der Waals surface area contributed by atoms with Crippen molar-refractivity contribution in [3.8, 4) is 0 Å². The van der Waals surface area contributed by atoms with E-state index in [-0.39, 0.29) is 6.61 Å². The van der Waals surface area contributed by atoms with Crippen molar-refractivity contribution in [2.24, 2.45) is 0 Å². The van der Waals surface area contributed by atoms with Crippen LogP contribution >= 0.6 is 23.5 Å². The molecule has 2 atom stereocenters. The molecule has 2 unspecified atom stereocenters. The van der Waals surface area contributed by atoms with Crippen LogP contribution in [0.3, 0.4) is 0 Å². The molecule has 0 rings (SSSR count). The number of hydrogen-bond donors (Lipinski definition) is 4. The lowest BCUT2D eigenvalue weighted by Crippen LogP contribution is -1.97. The van der Waals surface area contributed by atoms with E-state index in [1.165, 1.54) is 0 Å². The summed E-state index contributed by atoms with van der Waals surface area (Å²) in [5, 5.41) is 0. The van der Waals surface area contributed by atoms with Crippen molar-refractivity contribution >= 4 is 23.5 Å². The van der Waals surface area contributed by atoms with E-state index in [4.69, 9.17) is 19.6 Å². The zero-order valence-electron chi connectivity index (χ0n) is 7.99. The minimum absolute atomic E-state index is 0.246. The molecule has 0 aliphatic rings. The van der Waals surface area contributed by atoms with Gasteiger partial charge in [0.05, 0.1) is 6.61 Å². The SMILES string of the molecule is CCCOP(=O)(O)OP(=O)(O)OP(=O)(O)O. The molecule has 16 heavy (non-hydrogen) atoms. The van der Waals surface area contributed by atoms with Gasteiger partial charge in [0.25, 0.3) is 0 Å². The average Bonchev–Trinajstić information content (AvgIpc) is 1.93. The third kappa shape index (κ3) is 8.55. The quantitative estimate of drug-likeness (QED) is 0.493. The van der Waals surface area contributed by atoms with E-state index in [0.717, 1.165) is 0 Å². The summed E-state index contributed by atoms with van der Waals surface area (Å²) in [4.78, 5) is 33.9. The standard InChI is InChI=1S/C3H11O10P3/c1-2-3-11-15(7,8)13-16(9,10)12-14(4,5)6/h2-3H2,1H3,(H,7,8)(H,9,10)(H2,4,5,6). The fraction of sp³-hybridized carbons (Fsp3) is 1.00. The van der Waals surface area contributed by atoms with Crippen molar-refractivity contribution < 1.29 is 46.4 Å². The maximum absolute atomic E-state index is 10.9. The van der Waals surface area contributed by atoms with Crippen LogP contribution in [0.4, 0.5) is 0 Å². The van der Waals surface area contributed by atoms with Gasteiger partial charge in [0, 0.05) is 0 Å². The highest BCUT2D eigenvalue weighted by molar-refractivity contribution is 7.66. The zero-order valence-corrected chi connectivity index (χ0v) is 10.7. The molecule has 0 aromatic carbocycles. The molecule has 0 heterocycles. The lowest BCUT2D eigenvalue weighted by molar-refractivity contribution is 0.172. The molecular weight excluding hydrogens is 289 g/mol. The Labute approximate surface area is 90.6 Å². The van der Waals surface area contributed by atoms with Gasteiger partial charge in [-0.1, -0.05) is 6.92 Å². The van der Waals surface area contributed by atoms with Crippen molar-refractivity contribution in [1.29, 1.82) is 0 Å². The van der Waals surface area contributed by atoms with E-state index < -0.39 is 23.5 Å².